The molecule has 0 saturated heterocycles. The lowest BCUT2D eigenvalue weighted by Crippen LogP contribution is -2.40. The lowest BCUT2D eigenvalue weighted by atomic mass is 10.1. The van der Waals surface area contributed by atoms with Crippen molar-refractivity contribution >= 4 is 54.6 Å². The highest BCUT2D eigenvalue weighted by molar-refractivity contribution is 7.89. The number of amides is 1. The Morgan fingerprint density at radius 2 is 1.57 bits per heavy atom. The molecule has 0 aliphatic carbocycles. The summed E-state index contributed by atoms with van der Waals surface area (Å²) in [6.45, 7) is 0.156. The molecule has 0 aliphatic heterocycles. The van der Waals surface area contributed by atoms with Crippen molar-refractivity contribution in [2.45, 2.75) is 30.2 Å². The van der Waals surface area contributed by atoms with Gasteiger partial charge in [0.25, 0.3) is 5.91 Å². The summed E-state index contributed by atoms with van der Waals surface area (Å²) in [6, 6.07) is 23.8. The summed E-state index contributed by atoms with van der Waals surface area (Å²) >= 11 is 0. The molecule has 5 rings (SSSR count). The van der Waals surface area contributed by atoms with Crippen LogP contribution >= 0.6 is 0 Å². The third-order valence-corrected chi connectivity index (χ3v) is 8.07. The average molecular weight is 561 g/mol. The van der Waals surface area contributed by atoms with E-state index in [0.717, 1.165) is 16.2 Å². The van der Waals surface area contributed by atoms with Gasteiger partial charge in [0, 0.05) is 22.7 Å². The molecule has 3 N–H and O–H groups in total. The number of hydrogen-bond donors (Lipinski definition) is 3. The van der Waals surface area contributed by atoms with Crippen LogP contribution < -0.4 is 14.8 Å². The highest BCUT2D eigenvalue weighted by atomic mass is 32.2. The highest BCUT2D eigenvalue weighted by Gasteiger charge is 2.25. The first kappa shape index (κ1) is 27.2. The molecule has 1 heterocycles. The van der Waals surface area contributed by atoms with Gasteiger partial charge in [-0.25, -0.2) is 8.42 Å². The van der Waals surface area contributed by atoms with Gasteiger partial charge < -0.3 is 19.6 Å². The van der Waals surface area contributed by atoms with E-state index in [1.165, 1.54) is 12.1 Å². The van der Waals surface area contributed by atoms with Gasteiger partial charge in [-0.1, -0.05) is 54.6 Å². The maximum absolute atomic E-state index is 13.0. The Labute approximate surface area is 230 Å². The van der Waals surface area contributed by atoms with Crippen LogP contribution in [0.1, 0.15) is 19.3 Å². The number of fused-ring (bicyclic) bond motifs is 4. The molecule has 0 bridgehead atoms. The number of sulfonamides is 1. The van der Waals surface area contributed by atoms with Crippen molar-refractivity contribution in [3.63, 3.8) is 0 Å². The van der Waals surface area contributed by atoms with Gasteiger partial charge in [0.15, 0.2) is 6.61 Å². The standard InChI is InChI=1S/C30H28N2O7S/c33-29(19-38-26-14-7-9-20-8-1-2-10-22(20)26)31-17-6-5-12-25(30(34)35)32-40(36,37)21-15-16-28-24(18-21)23-11-3-4-13-27(23)39-28/h1-4,7-11,13-16,18,25,32H,5-6,12,17,19H2,(H,31,33)(H,34,35). The third-order valence-electron chi connectivity index (χ3n) is 6.60. The number of nitrogens with one attached hydrogen (secondary N) is 2. The van der Waals surface area contributed by atoms with Crippen molar-refractivity contribution in [1.82, 2.24) is 10.0 Å². The molecule has 0 spiro atoms. The van der Waals surface area contributed by atoms with Gasteiger partial charge in [0.2, 0.25) is 10.0 Å². The minimum absolute atomic E-state index is 0.0451. The molecule has 0 aliphatic rings. The zero-order valence-electron chi connectivity index (χ0n) is 21.5. The summed E-state index contributed by atoms with van der Waals surface area (Å²) in [5, 5.41) is 15.7. The summed E-state index contributed by atoms with van der Waals surface area (Å²) in [7, 11) is -4.11. The molecule has 0 fully saturated rings. The maximum Gasteiger partial charge on any atom is 0.321 e. The Bertz CT molecular complexity index is 1790. The first-order chi connectivity index (χ1) is 19.3. The molecule has 10 heteroatoms. The lowest BCUT2D eigenvalue weighted by molar-refractivity contribution is -0.139. The quantitative estimate of drug-likeness (QED) is 0.186. The number of carboxylic acid groups (broad SMARTS) is 1. The summed E-state index contributed by atoms with van der Waals surface area (Å²) < 4.78 is 39.8. The van der Waals surface area contributed by atoms with Crippen molar-refractivity contribution < 1.29 is 32.3 Å². The molecule has 5 aromatic rings. The van der Waals surface area contributed by atoms with Crippen molar-refractivity contribution in [3.05, 3.63) is 84.9 Å². The first-order valence-electron chi connectivity index (χ1n) is 12.9. The molecule has 9 nitrogen and oxygen atoms in total. The number of ether oxygens (including phenoxy) is 1. The summed E-state index contributed by atoms with van der Waals surface area (Å²) in [4.78, 5) is 24.0. The Hall–Kier alpha value is -4.41. The number of furan rings is 1. The second-order valence-electron chi connectivity index (χ2n) is 9.38. The number of carboxylic acids is 1. The molecule has 40 heavy (non-hydrogen) atoms. The second kappa shape index (κ2) is 11.8. The van der Waals surface area contributed by atoms with Crippen LogP contribution in [0.25, 0.3) is 32.7 Å². The predicted molar refractivity (Wildman–Crippen MR) is 152 cm³/mol. The van der Waals surface area contributed by atoms with Gasteiger partial charge in [0.05, 0.1) is 4.90 Å². The van der Waals surface area contributed by atoms with Crippen LogP contribution in [0.2, 0.25) is 0 Å². The van der Waals surface area contributed by atoms with E-state index in [1.807, 2.05) is 54.6 Å². The monoisotopic (exact) mass is 560 g/mol. The number of carbonyl (C=O) groups excluding carboxylic acids is 1. The van der Waals surface area contributed by atoms with Crippen LogP contribution in [0.4, 0.5) is 0 Å². The van der Waals surface area contributed by atoms with Gasteiger partial charge >= 0.3 is 5.97 Å². The van der Waals surface area contributed by atoms with E-state index in [9.17, 15) is 23.1 Å². The van der Waals surface area contributed by atoms with E-state index in [0.29, 0.717) is 41.7 Å². The Morgan fingerprint density at radius 1 is 0.850 bits per heavy atom. The number of benzene rings is 4. The molecular formula is C30H28N2O7S. The van der Waals surface area contributed by atoms with E-state index in [2.05, 4.69) is 10.0 Å². The van der Waals surface area contributed by atoms with E-state index >= 15 is 0 Å². The van der Waals surface area contributed by atoms with Crippen LogP contribution in [0, 0.1) is 0 Å². The number of hydrogen-bond acceptors (Lipinski definition) is 6. The van der Waals surface area contributed by atoms with Gasteiger partial charge in [0.1, 0.15) is 23.0 Å². The number of unbranched alkanes of at least 4 members (excludes halogenated alkanes) is 1. The molecule has 4 aromatic carbocycles. The first-order valence-corrected chi connectivity index (χ1v) is 14.3. The summed E-state index contributed by atoms with van der Waals surface area (Å²) in [6.07, 6.45) is 0.918. The summed E-state index contributed by atoms with van der Waals surface area (Å²) in [5.41, 5.74) is 1.18. The zero-order valence-corrected chi connectivity index (χ0v) is 22.3. The van der Waals surface area contributed by atoms with Crippen molar-refractivity contribution in [1.29, 1.82) is 0 Å². The van der Waals surface area contributed by atoms with E-state index in [1.54, 1.807) is 18.2 Å². The van der Waals surface area contributed by atoms with Crippen LogP contribution in [-0.2, 0) is 19.6 Å². The predicted octanol–water partition coefficient (Wildman–Crippen LogP) is 4.84. The number of rotatable bonds is 12. The van der Waals surface area contributed by atoms with Gasteiger partial charge in [-0.05, 0) is 55.0 Å². The van der Waals surface area contributed by atoms with Crippen molar-refractivity contribution in [2.75, 3.05) is 13.2 Å². The van der Waals surface area contributed by atoms with Gasteiger partial charge in [-0.3, -0.25) is 9.59 Å². The minimum Gasteiger partial charge on any atom is -0.483 e. The SMILES string of the molecule is O=C(COc1cccc2ccccc12)NCCCCC(NS(=O)(=O)c1ccc2oc3ccccc3c2c1)C(=O)O. The van der Waals surface area contributed by atoms with E-state index in [-0.39, 0.29) is 23.8 Å². The lowest BCUT2D eigenvalue weighted by Gasteiger charge is -2.15. The third kappa shape index (κ3) is 6.08. The molecule has 1 aromatic heterocycles. The minimum atomic E-state index is -4.11. The molecule has 0 saturated carbocycles. The largest absolute Gasteiger partial charge is 0.483 e. The fourth-order valence-electron chi connectivity index (χ4n) is 4.58. The number of para-hydroxylation sites is 1. The van der Waals surface area contributed by atoms with Crippen LogP contribution in [0.3, 0.4) is 0 Å². The summed E-state index contributed by atoms with van der Waals surface area (Å²) in [5.74, 6) is -0.957. The number of aliphatic carboxylic acids is 1. The van der Waals surface area contributed by atoms with Crippen LogP contribution in [0.5, 0.6) is 5.75 Å². The maximum atomic E-state index is 13.0. The fraction of sp³-hybridized carbons (Fsp3) is 0.200. The van der Waals surface area contributed by atoms with Crippen molar-refractivity contribution in [2.24, 2.45) is 0 Å². The van der Waals surface area contributed by atoms with Crippen LogP contribution in [0.15, 0.2) is 94.2 Å². The van der Waals surface area contributed by atoms with Crippen molar-refractivity contribution in [3.8, 4) is 5.75 Å². The normalized spacial score (nSPS) is 12.5. The molecule has 1 unspecified atom stereocenters. The molecule has 206 valence electrons. The Morgan fingerprint density at radius 3 is 2.40 bits per heavy atom. The van der Waals surface area contributed by atoms with Crippen LogP contribution in [-0.4, -0.2) is 44.6 Å². The molecular weight excluding hydrogens is 532 g/mol. The molecule has 0 radical (unpaired) electrons. The van der Waals surface area contributed by atoms with E-state index in [4.69, 9.17) is 9.15 Å². The smallest absolute Gasteiger partial charge is 0.321 e. The molecule has 1 atom stereocenters. The Balaban J connectivity index is 1.11. The molecule has 1 amide bonds. The van der Waals surface area contributed by atoms with E-state index < -0.39 is 22.0 Å². The fourth-order valence-corrected chi connectivity index (χ4v) is 5.83. The highest BCUT2D eigenvalue weighted by Crippen LogP contribution is 2.30. The van der Waals surface area contributed by atoms with Gasteiger partial charge in [-0.15, -0.1) is 0 Å². The zero-order chi connectivity index (χ0) is 28.1. The average Bonchev–Trinajstić information content (AvgIpc) is 3.33. The topological polar surface area (TPSA) is 135 Å². The second-order valence-corrected chi connectivity index (χ2v) is 11.1. The number of carbonyl (C=O) groups is 2. The van der Waals surface area contributed by atoms with Gasteiger partial charge in [-0.2, -0.15) is 4.72 Å². The Kier molecular flexibility index (Phi) is 7.99.